The molecule has 0 atom stereocenters. The van der Waals surface area contributed by atoms with Crippen LogP contribution in [0.2, 0.25) is 0 Å². The first-order valence-electron chi connectivity index (χ1n) is 5.06. The molecule has 2 rings (SSSR count). The molecule has 0 aliphatic rings. The third-order valence-corrected chi connectivity index (χ3v) is 2.30. The number of H-pyrrole nitrogens is 1. The first kappa shape index (κ1) is 9.98. The average Bonchev–Trinajstić information content (AvgIpc) is 2.71. The number of hydrogen-bond acceptors (Lipinski definition) is 3. The fourth-order valence-corrected chi connectivity index (χ4v) is 1.50. The molecule has 0 saturated carbocycles. The van der Waals surface area contributed by atoms with Gasteiger partial charge in [-0.1, -0.05) is 0 Å². The molecule has 2 N–H and O–H groups in total. The molecule has 0 aliphatic carbocycles. The predicted octanol–water partition coefficient (Wildman–Crippen LogP) is 2.01. The van der Waals surface area contributed by atoms with Crippen LogP contribution in [0.25, 0.3) is 10.9 Å². The Morgan fingerprint density at radius 3 is 3.27 bits per heavy atom. The zero-order valence-corrected chi connectivity index (χ0v) is 8.79. The lowest BCUT2D eigenvalue weighted by Gasteiger charge is -2.05. The van der Waals surface area contributed by atoms with Gasteiger partial charge in [0.2, 0.25) is 0 Å². The van der Waals surface area contributed by atoms with Gasteiger partial charge in [0, 0.05) is 31.3 Å². The summed E-state index contributed by atoms with van der Waals surface area (Å²) in [5.74, 6) is 0. The van der Waals surface area contributed by atoms with Crippen LogP contribution in [0, 0.1) is 0 Å². The second-order valence-electron chi connectivity index (χ2n) is 3.45. The van der Waals surface area contributed by atoms with Gasteiger partial charge in [0.15, 0.2) is 0 Å². The Labute approximate surface area is 88.6 Å². The van der Waals surface area contributed by atoms with E-state index in [2.05, 4.69) is 33.7 Å². The number of nitrogens with one attached hydrogen (secondary N) is 2. The average molecular weight is 205 g/mol. The largest absolute Gasteiger partial charge is 0.385 e. The van der Waals surface area contributed by atoms with Gasteiger partial charge < -0.3 is 10.1 Å². The van der Waals surface area contributed by atoms with Gasteiger partial charge in [-0.05, 0) is 24.6 Å². The van der Waals surface area contributed by atoms with Crippen LogP contribution in [0.3, 0.4) is 0 Å². The number of hydrogen-bond donors (Lipinski definition) is 2. The van der Waals surface area contributed by atoms with Gasteiger partial charge in [0.1, 0.15) is 0 Å². The van der Waals surface area contributed by atoms with Gasteiger partial charge in [0.05, 0.1) is 11.7 Å². The molecular weight excluding hydrogens is 190 g/mol. The minimum atomic E-state index is 0.791. The van der Waals surface area contributed by atoms with Crippen molar-refractivity contribution in [2.45, 2.75) is 6.42 Å². The molecule has 0 bridgehead atoms. The van der Waals surface area contributed by atoms with Crippen LogP contribution < -0.4 is 5.32 Å². The maximum absolute atomic E-state index is 4.98. The van der Waals surface area contributed by atoms with E-state index in [0.29, 0.717) is 0 Å². The van der Waals surface area contributed by atoms with Gasteiger partial charge >= 0.3 is 0 Å². The number of rotatable bonds is 5. The molecule has 80 valence electrons. The Hall–Kier alpha value is -1.55. The van der Waals surface area contributed by atoms with Gasteiger partial charge in [-0.3, -0.25) is 5.10 Å². The molecule has 0 spiro atoms. The van der Waals surface area contributed by atoms with Gasteiger partial charge in [-0.25, -0.2) is 0 Å². The van der Waals surface area contributed by atoms with Gasteiger partial charge in [0.25, 0.3) is 0 Å². The molecule has 0 saturated heterocycles. The van der Waals surface area contributed by atoms with Crippen molar-refractivity contribution in [1.29, 1.82) is 0 Å². The summed E-state index contributed by atoms with van der Waals surface area (Å²) in [5, 5.41) is 11.4. The molecule has 15 heavy (non-hydrogen) atoms. The molecular formula is C11H15N3O. The molecule has 1 aromatic carbocycles. The van der Waals surface area contributed by atoms with Crippen LogP contribution in [0.1, 0.15) is 6.42 Å². The van der Waals surface area contributed by atoms with Crippen molar-refractivity contribution in [3.8, 4) is 0 Å². The number of fused-ring (bicyclic) bond motifs is 1. The minimum Gasteiger partial charge on any atom is -0.385 e. The van der Waals surface area contributed by atoms with Crippen LogP contribution in [0.15, 0.2) is 24.4 Å². The summed E-state index contributed by atoms with van der Waals surface area (Å²) in [4.78, 5) is 0. The smallest absolute Gasteiger partial charge is 0.0670 e. The van der Waals surface area contributed by atoms with E-state index in [4.69, 9.17) is 4.74 Å². The molecule has 0 amide bonds. The van der Waals surface area contributed by atoms with E-state index < -0.39 is 0 Å². The number of benzene rings is 1. The number of aromatic amines is 1. The van der Waals surface area contributed by atoms with E-state index in [1.165, 1.54) is 0 Å². The van der Waals surface area contributed by atoms with Gasteiger partial charge in [-0.15, -0.1) is 0 Å². The summed E-state index contributed by atoms with van der Waals surface area (Å²) < 4.78 is 4.98. The van der Waals surface area contributed by atoms with E-state index in [-0.39, 0.29) is 0 Å². The van der Waals surface area contributed by atoms with Crippen molar-refractivity contribution < 1.29 is 4.74 Å². The Balaban J connectivity index is 1.96. The van der Waals surface area contributed by atoms with E-state index in [1.54, 1.807) is 7.11 Å². The molecule has 2 aromatic rings. The van der Waals surface area contributed by atoms with E-state index in [0.717, 1.165) is 36.2 Å². The lowest BCUT2D eigenvalue weighted by molar-refractivity contribution is 0.198. The van der Waals surface area contributed by atoms with E-state index in [1.807, 2.05) is 6.20 Å². The van der Waals surface area contributed by atoms with Crippen LogP contribution >= 0.6 is 0 Å². The van der Waals surface area contributed by atoms with E-state index in [9.17, 15) is 0 Å². The van der Waals surface area contributed by atoms with E-state index >= 15 is 0 Å². The molecule has 0 unspecified atom stereocenters. The number of methoxy groups -OCH3 is 1. The highest BCUT2D eigenvalue weighted by molar-refractivity contribution is 5.81. The SMILES string of the molecule is COCCCNc1ccc2cn[nH]c2c1. The first-order chi connectivity index (χ1) is 7.40. The first-order valence-corrected chi connectivity index (χ1v) is 5.06. The Kier molecular flexibility index (Phi) is 3.19. The van der Waals surface area contributed by atoms with Crippen LogP contribution in [0.5, 0.6) is 0 Å². The zero-order chi connectivity index (χ0) is 10.5. The third kappa shape index (κ3) is 2.47. The molecule has 1 heterocycles. The fraction of sp³-hybridized carbons (Fsp3) is 0.364. The summed E-state index contributed by atoms with van der Waals surface area (Å²) in [6.07, 6.45) is 2.83. The van der Waals surface area contributed by atoms with Crippen molar-refractivity contribution in [3.63, 3.8) is 0 Å². The maximum Gasteiger partial charge on any atom is 0.0670 e. The van der Waals surface area contributed by atoms with Crippen molar-refractivity contribution in [2.24, 2.45) is 0 Å². The van der Waals surface area contributed by atoms with Crippen molar-refractivity contribution in [2.75, 3.05) is 25.6 Å². The molecule has 4 heteroatoms. The van der Waals surface area contributed by atoms with Crippen LogP contribution in [-0.2, 0) is 4.74 Å². The summed E-state index contributed by atoms with van der Waals surface area (Å²) in [5.41, 5.74) is 2.18. The van der Waals surface area contributed by atoms with Crippen molar-refractivity contribution in [3.05, 3.63) is 24.4 Å². The molecule has 4 nitrogen and oxygen atoms in total. The fourth-order valence-electron chi connectivity index (χ4n) is 1.50. The molecule has 0 fully saturated rings. The number of anilines is 1. The lowest BCUT2D eigenvalue weighted by Crippen LogP contribution is -2.04. The number of ether oxygens (including phenoxy) is 1. The van der Waals surface area contributed by atoms with Crippen LogP contribution in [0.4, 0.5) is 5.69 Å². The topological polar surface area (TPSA) is 49.9 Å². The third-order valence-electron chi connectivity index (χ3n) is 2.30. The highest BCUT2D eigenvalue weighted by atomic mass is 16.5. The monoisotopic (exact) mass is 205 g/mol. The summed E-state index contributed by atoms with van der Waals surface area (Å²) >= 11 is 0. The second-order valence-corrected chi connectivity index (χ2v) is 3.45. The maximum atomic E-state index is 4.98. The number of nitrogens with zero attached hydrogens (tertiary/aromatic N) is 1. The predicted molar refractivity (Wildman–Crippen MR) is 61.1 cm³/mol. The highest BCUT2D eigenvalue weighted by Crippen LogP contribution is 2.16. The minimum absolute atomic E-state index is 0.791. The summed E-state index contributed by atoms with van der Waals surface area (Å²) in [6, 6.07) is 6.18. The Bertz CT molecular complexity index is 424. The summed E-state index contributed by atoms with van der Waals surface area (Å²) in [7, 11) is 1.72. The van der Waals surface area contributed by atoms with Crippen molar-refractivity contribution in [1.82, 2.24) is 10.2 Å². The molecule has 0 aliphatic heterocycles. The second kappa shape index (κ2) is 4.79. The van der Waals surface area contributed by atoms with Crippen LogP contribution in [-0.4, -0.2) is 30.5 Å². The zero-order valence-electron chi connectivity index (χ0n) is 8.79. The Morgan fingerprint density at radius 2 is 2.40 bits per heavy atom. The quantitative estimate of drug-likeness (QED) is 0.734. The lowest BCUT2D eigenvalue weighted by atomic mass is 10.2. The number of aromatic nitrogens is 2. The highest BCUT2D eigenvalue weighted by Gasteiger charge is 1.96. The standard InChI is InChI=1S/C11H15N3O/c1-15-6-2-5-12-10-4-3-9-8-13-14-11(9)7-10/h3-4,7-8,12H,2,5-6H2,1H3,(H,13,14). The Morgan fingerprint density at radius 1 is 1.47 bits per heavy atom. The molecule has 0 radical (unpaired) electrons. The summed E-state index contributed by atoms with van der Waals surface area (Å²) in [6.45, 7) is 1.72. The normalized spacial score (nSPS) is 10.7. The molecule has 1 aromatic heterocycles. The van der Waals surface area contributed by atoms with Crippen molar-refractivity contribution >= 4 is 16.6 Å². The van der Waals surface area contributed by atoms with Gasteiger partial charge in [-0.2, -0.15) is 5.10 Å².